The molecule has 0 spiro atoms. The van der Waals surface area contributed by atoms with Crippen LogP contribution in [0.3, 0.4) is 0 Å². The summed E-state index contributed by atoms with van der Waals surface area (Å²) in [4.78, 5) is 12.0. The number of ketones is 1. The van der Waals surface area contributed by atoms with Crippen molar-refractivity contribution in [3.63, 3.8) is 0 Å². The number of hydrogen-bond acceptors (Lipinski definition) is 2. The minimum Gasteiger partial charge on any atom is -0.484 e. The first-order valence-electron chi connectivity index (χ1n) is 6.58. The summed E-state index contributed by atoms with van der Waals surface area (Å²) in [6, 6.07) is 5.60. The van der Waals surface area contributed by atoms with Crippen LogP contribution in [0.15, 0.2) is 18.2 Å². The molecule has 0 N–H and O–H groups in total. The van der Waals surface area contributed by atoms with Gasteiger partial charge in [-0.15, -0.1) is 0 Å². The van der Waals surface area contributed by atoms with Gasteiger partial charge >= 0.3 is 0 Å². The first-order chi connectivity index (χ1) is 8.66. The van der Waals surface area contributed by atoms with Gasteiger partial charge in [0, 0.05) is 5.92 Å². The highest BCUT2D eigenvalue weighted by atomic mass is 35.5. The molecule has 2 nitrogen and oxygen atoms in total. The Morgan fingerprint density at radius 1 is 1.33 bits per heavy atom. The van der Waals surface area contributed by atoms with Crippen LogP contribution in [0.5, 0.6) is 5.75 Å². The number of ether oxygens (including phenoxy) is 1. The summed E-state index contributed by atoms with van der Waals surface area (Å²) in [7, 11) is 0. The fourth-order valence-corrected chi connectivity index (χ4v) is 2.58. The second-order valence-corrected chi connectivity index (χ2v) is 5.43. The Morgan fingerprint density at radius 2 is 2.06 bits per heavy atom. The molecule has 1 fully saturated rings. The zero-order valence-electron chi connectivity index (χ0n) is 10.7. The number of carbonyl (C=O) groups is 1. The summed E-state index contributed by atoms with van der Waals surface area (Å²) in [5.41, 5.74) is 1.08. The molecule has 3 heteroatoms. The highest BCUT2D eigenvalue weighted by Crippen LogP contribution is 2.27. The number of rotatable bonds is 4. The predicted octanol–water partition coefficient (Wildman–Crippen LogP) is 4.18. The Kier molecular flexibility index (Phi) is 4.65. The number of aryl methyl sites for hydroxylation is 1. The maximum Gasteiger partial charge on any atom is 0.173 e. The minimum absolute atomic E-state index is 0.147. The maximum atomic E-state index is 12.0. The van der Waals surface area contributed by atoms with Gasteiger partial charge in [-0.25, -0.2) is 0 Å². The van der Waals surface area contributed by atoms with Gasteiger partial charge in [-0.05, 0) is 37.5 Å². The molecule has 1 aromatic rings. The van der Waals surface area contributed by atoms with E-state index in [9.17, 15) is 4.79 Å². The maximum absolute atomic E-state index is 12.0. The Balaban J connectivity index is 1.90. The molecule has 18 heavy (non-hydrogen) atoms. The van der Waals surface area contributed by atoms with Crippen molar-refractivity contribution in [2.75, 3.05) is 6.61 Å². The van der Waals surface area contributed by atoms with Crippen LogP contribution in [0.25, 0.3) is 0 Å². The van der Waals surface area contributed by atoms with Crippen molar-refractivity contribution in [1.29, 1.82) is 0 Å². The fraction of sp³-hybridized carbons (Fsp3) is 0.533. The normalized spacial score (nSPS) is 16.6. The van der Waals surface area contributed by atoms with Crippen LogP contribution in [-0.2, 0) is 4.79 Å². The molecule has 0 unspecified atom stereocenters. The van der Waals surface area contributed by atoms with Gasteiger partial charge in [-0.3, -0.25) is 4.79 Å². The molecular formula is C15H19ClO2. The third kappa shape index (κ3) is 3.49. The quantitative estimate of drug-likeness (QED) is 0.817. The predicted molar refractivity (Wildman–Crippen MR) is 73.3 cm³/mol. The van der Waals surface area contributed by atoms with Gasteiger partial charge in [0.2, 0.25) is 0 Å². The number of Topliss-reactive ketones (excluding diaryl/α,β-unsaturated/α-hetero) is 1. The lowest BCUT2D eigenvalue weighted by Crippen LogP contribution is -2.23. The van der Waals surface area contributed by atoms with Crippen molar-refractivity contribution in [2.24, 2.45) is 5.92 Å². The Hall–Kier alpha value is -1.02. The van der Waals surface area contributed by atoms with Gasteiger partial charge in [-0.2, -0.15) is 0 Å². The highest BCUT2D eigenvalue weighted by Gasteiger charge is 2.21. The average molecular weight is 267 g/mol. The van der Waals surface area contributed by atoms with E-state index in [0.29, 0.717) is 10.8 Å². The molecule has 0 atom stereocenters. The largest absolute Gasteiger partial charge is 0.484 e. The van der Waals surface area contributed by atoms with Gasteiger partial charge in [0.1, 0.15) is 12.4 Å². The lowest BCUT2D eigenvalue weighted by Gasteiger charge is -2.20. The van der Waals surface area contributed by atoms with Crippen LogP contribution in [-0.4, -0.2) is 12.4 Å². The minimum atomic E-state index is 0.147. The van der Waals surface area contributed by atoms with E-state index < -0.39 is 0 Å². The molecule has 1 saturated carbocycles. The zero-order valence-corrected chi connectivity index (χ0v) is 11.5. The number of benzene rings is 1. The van der Waals surface area contributed by atoms with E-state index in [0.717, 1.165) is 18.4 Å². The molecule has 1 aromatic carbocycles. The van der Waals surface area contributed by atoms with Crippen molar-refractivity contribution < 1.29 is 9.53 Å². The van der Waals surface area contributed by atoms with Gasteiger partial charge in [-0.1, -0.05) is 36.9 Å². The number of carbonyl (C=O) groups excluding carboxylic acids is 1. The fourth-order valence-electron chi connectivity index (χ4n) is 2.41. The summed E-state index contributed by atoms with van der Waals surface area (Å²) in [5, 5.41) is 0.567. The van der Waals surface area contributed by atoms with E-state index in [2.05, 4.69) is 0 Å². The summed E-state index contributed by atoms with van der Waals surface area (Å²) >= 11 is 6.03. The van der Waals surface area contributed by atoms with Crippen molar-refractivity contribution in [3.05, 3.63) is 28.8 Å². The van der Waals surface area contributed by atoms with Crippen LogP contribution in [0.2, 0.25) is 5.02 Å². The highest BCUT2D eigenvalue weighted by molar-refractivity contribution is 6.32. The summed E-state index contributed by atoms with van der Waals surface area (Å²) in [6.45, 7) is 2.12. The standard InChI is InChI=1S/C15H19ClO2/c1-11-7-8-13(16)15(9-11)18-10-14(17)12-5-3-2-4-6-12/h7-9,12H,2-6,10H2,1H3. The van der Waals surface area contributed by atoms with Crippen LogP contribution >= 0.6 is 11.6 Å². The summed E-state index contributed by atoms with van der Waals surface area (Å²) in [6.07, 6.45) is 5.63. The Labute approximate surface area is 113 Å². The first kappa shape index (κ1) is 13.4. The third-order valence-corrected chi connectivity index (χ3v) is 3.83. The number of halogens is 1. The monoisotopic (exact) mass is 266 g/mol. The van der Waals surface area contributed by atoms with Crippen molar-refractivity contribution in [2.45, 2.75) is 39.0 Å². The van der Waals surface area contributed by atoms with Crippen molar-refractivity contribution in [1.82, 2.24) is 0 Å². The zero-order chi connectivity index (χ0) is 13.0. The second-order valence-electron chi connectivity index (χ2n) is 5.02. The molecule has 0 radical (unpaired) electrons. The van der Waals surface area contributed by atoms with Crippen LogP contribution in [0, 0.1) is 12.8 Å². The van der Waals surface area contributed by atoms with Crippen molar-refractivity contribution in [3.8, 4) is 5.75 Å². The van der Waals surface area contributed by atoms with E-state index in [1.54, 1.807) is 6.07 Å². The van der Waals surface area contributed by atoms with Gasteiger partial charge in [0.05, 0.1) is 5.02 Å². The molecular weight excluding hydrogens is 248 g/mol. The van der Waals surface area contributed by atoms with E-state index >= 15 is 0 Å². The smallest absolute Gasteiger partial charge is 0.173 e. The topological polar surface area (TPSA) is 26.3 Å². The molecule has 0 saturated heterocycles. The van der Waals surface area contributed by atoms with E-state index in [-0.39, 0.29) is 18.3 Å². The van der Waals surface area contributed by atoms with Gasteiger partial charge in [0.15, 0.2) is 5.78 Å². The molecule has 0 heterocycles. The van der Waals surface area contributed by atoms with E-state index in [1.165, 1.54) is 19.3 Å². The van der Waals surface area contributed by atoms with Crippen LogP contribution in [0.4, 0.5) is 0 Å². The SMILES string of the molecule is Cc1ccc(Cl)c(OCC(=O)C2CCCCC2)c1. The Bertz CT molecular complexity index is 423. The molecule has 2 rings (SSSR count). The van der Waals surface area contributed by atoms with E-state index in [1.807, 2.05) is 19.1 Å². The van der Waals surface area contributed by atoms with Crippen molar-refractivity contribution >= 4 is 17.4 Å². The van der Waals surface area contributed by atoms with Crippen LogP contribution < -0.4 is 4.74 Å². The molecule has 0 bridgehead atoms. The molecule has 1 aliphatic rings. The first-order valence-corrected chi connectivity index (χ1v) is 6.96. The molecule has 0 aromatic heterocycles. The third-order valence-electron chi connectivity index (χ3n) is 3.52. The van der Waals surface area contributed by atoms with Gasteiger partial charge in [0.25, 0.3) is 0 Å². The number of hydrogen-bond donors (Lipinski definition) is 0. The second kappa shape index (κ2) is 6.24. The average Bonchev–Trinajstić information content (AvgIpc) is 2.40. The van der Waals surface area contributed by atoms with Gasteiger partial charge < -0.3 is 4.74 Å². The Morgan fingerprint density at radius 3 is 2.78 bits per heavy atom. The lowest BCUT2D eigenvalue weighted by molar-refractivity contribution is -0.125. The molecule has 1 aliphatic carbocycles. The molecule has 98 valence electrons. The van der Waals surface area contributed by atoms with Crippen LogP contribution in [0.1, 0.15) is 37.7 Å². The summed E-state index contributed by atoms with van der Waals surface area (Å²) < 4.78 is 5.55. The lowest BCUT2D eigenvalue weighted by atomic mass is 9.86. The summed E-state index contributed by atoms with van der Waals surface area (Å²) in [5.74, 6) is 1.02. The molecule has 0 aliphatic heterocycles. The molecule has 0 amide bonds. The van der Waals surface area contributed by atoms with E-state index in [4.69, 9.17) is 16.3 Å².